The molecule has 0 atom stereocenters. The van der Waals surface area contributed by atoms with Crippen molar-refractivity contribution in [1.82, 2.24) is 0 Å². The molecule has 1 heterocycles. The molecule has 3 aromatic rings. The number of unbranched alkanes of at least 4 members (excludes halogenated alkanes) is 1. The fraction of sp³-hybridized carbons (Fsp3) is 0.318. The van der Waals surface area contributed by atoms with Crippen LogP contribution in [0.3, 0.4) is 0 Å². The van der Waals surface area contributed by atoms with Gasteiger partial charge in [-0.25, -0.2) is 0 Å². The minimum absolute atomic E-state index is 0.126. The quantitative estimate of drug-likeness (QED) is 0.564. The van der Waals surface area contributed by atoms with Crippen molar-refractivity contribution < 1.29 is 13.9 Å². The molecule has 0 bridgehead atoms. The molecule has 5 nitrogen and oxygen atoms in total. The Labute approximate surface area is 159 Å². The van der Waals surface area contributed by atoms with Crippen LogP contribution in [0.15, 0.2) is 46.9 Å². The number of para-hydroxylation sites is 1. The van der Waals surface area contributed by atoms with Gasteiger partial charge in [0.2, 0.25) is 5.91 Å². The summed E-state index contributed by atoms with van der Waals surface area (Å²) in [5, 5.41) is 7.38. The summed E-state index contributed by atoms with van der Waals surface area (Å²) < 4.78 is 11.5. The van der Waals surface area contributed by atoms with Crippen LogP contribution >= 0.6 is 0 Å². The van der Waals surface area contributed by atoms with Gasteiger partial charge in [0.1, 0.15) is 17.1 Å². The fourth-order valence-corrected chi connectivity index (χ4v) is 3.17. The van der Waals surface area contributed by atoms with E-state index in [1.54, 1.807) is 7.11 Å². The van der Waals surface area contributed by atoms with Crippen LogP contribution in [0, 0.1) is 0 Å². The monoisotopic (exact) mass is 366 g/mol. The third kappa shape index (κ3) is 4.42. The van der Waals surface area contributed by atoms with E-state index in [4.69, 9.17) is 9.15 Å². The first-order chi connectivity index (χ1) is 13.1. The average Bonchev–Trinajstić information content (AvgIpc) is 3.02. The molecular weight excluding hydrogens is 340 g/mol. The molecule has 0 aliphatic rings. The second-order valence-corrected chi connectivity index (χ2v) is 6.55. The van der Waals surface area contributed by atoms with Crippen LogP contribution in [0.2, 0.25) is 0 Å². The SMILES string of the molecule is CCCCc1oc2ccccc2c1CNc1ccc(NC(C)=O)c(OC)c1. The smallest absolute Gasteiger partial charge is 0.221 e. The van der Waals surface area contributed by atoms with Crippen LogP contribution in [0.5, 0.6) is 5.75 Å². The highest BCUT2D eigenvalue weighted by atomic mass is 16.5. The van der Waals surface area contributed by atoms with Crippen LogP contribution in [0.1, 0.15) is 38.0 Å². The summed E-state index contributed by atoms with van der Waals surface area (Å²) >= 11 is 0. The van der Waals surface area contributed by atoms with Gasteiger partial charge in [-0.05, 0) is 24.6 Å². The van der Waals surface area contributed by atoms with Gasteiger partial charge in [-0.1, -0.05) is 31.5 Å². The maximum atomic E-state index is 11.3. The zero-order valence-corrected chi connectivity index (χ0v) is 16.1. The standard InChI is InChI=1S/C22H26N2O3/c1-4-5-9-21-18(17-8-6-7-10-20(17)27-21)14-23-16-11-12-19(24-15(2)25)22(13-16)26-3/h6-8,10-13,23H,4-5,9,14H2,1-3H3,(H,24,25). The summed E-state index contributed by atoms with van der Waals surface area (Å²) in [6.45, 7) is 4.33. The first kappa shape index (κ1) is 18.8. The zero-order chi connectivity index (χ0) is 19.2. The van der Waals surface area contributed by atoms with Crippen molar-refractivity contribution in [2.45, 2.75) is 39.7 Å². The number of furan rings is 1. The lowest BCUT2D eigenvalue weighted by Crippen LogP contribution is -2.08. The molecule has 0 aliphatic heterocycles. The fourth-order valence-electron chi connectivity index (χ4n) is 3.17. The van der Waals surface area contributed by atoms with Gasteiger partial charge in [-0.3, -0.25) is 4.79 Å². The topological polar surface area (TPSA) is 63.5 Å². The van der Waals surface area contributed by atoms with Crippen LogP contribution in [0.4, 0.5) is 11.4 Å². The molecule has 27 heavy (non-hydrogen) atoms. The maximum absolute atomic E-state index is 11.3. The molecule has 2 N–H and O–H groups in total. The van der Waals surface area contributed by atoms with Crippen molar-refractivity contribution in [3.63, 3.8) is 0 Å². The molecule has 1 aromatic heterocycles. The Hall–Kier alpha value is -2.95. The van der Waals surface area contributed by atoms with Crippen molar-refractivity contribution in [2.24, 2.45) is 0 Å². The normalized spacial score (nSPS) is 10.8. The van der Waals surface area contributed by atoms with Crippen molar-refractivity contribution in [1.29, 1.82) is 0 Å². The number of hydrogen-bond acceptors (Lipinski definition) is 4. The van der Waals surface area contributed by atoms with Crippen LogP contribution < -0.4 is 15.4 Å². The van der Waals surface area contributed by atoms with E-state index in [0.717, 1.165) is 41.7 Å². The highest BCUT2D eigenvalue weighted by Crippen LogP contribution is 2.30. The molecule has 2 aromatic carbocycles. The lowest BCUT2D eigenvalue weighted by molar-refractivity contribution is -0.114. The summed E-state index contributed by atoms with van der Waals surface area (Å²) in [6, 6.07) is 13.8. The Kier molecular flexibility index (Phi) is 6.01. The number of rotatable bonds is 8. The number of benzene rings is 2. The number of nitrogens with one attached hydrogen (secondary N) is 2. The number of hydrogen-bond donors (Lipinski definition) is 2. The van der Waals surface area contributed by atoms with E-state index in [0.29, 0.717) is 18.0 Å². The number of ether oxygens (including phenoxy) is 1. The molecule has 1 amide bonds. The van der Waals surface area contributed by atoms with Gasteiger partial charge in [0.15, 0.2) is 0 Å². The Morgan fingerprint density at radius 3 is 2.74 bits per heavy atom. The molecule has 142 valence electrons. The largest absolute Gasteiger partial charge is 0.494 e. The Balaban J connectivity index is 1.82. The Morgan fingerprint density at radius 1 is 1.19 bits per heavy atom. The van der Waals surface area contributed by atoms with Crippen molar-refractivity contribution in [2.75, 3.05) is 17.7 Å². The third-order valence-corrected chi connectivity index (χ3v) is 4.52. The van der Waals surface area contributed by atoms with Gasteiger partial charge in [0, 0.05) is 42.6 Å². The van der Waals surface area contributed by atoms with E-state index in [9.17, 15) is 4.79 Å². The van der Waals surface area contributed by atoms with Gasteiger partial charge in [-0.15, -0.1) is 0 Å². The summed E-state index contributed by atoms with van der Waals surface area (Å²) in [4.78, 5) is 11.3. The molecule has 0 spiro atoms. The van der Waals surface area contributed by atoms with Crippen molar-refractivity contribution in [3.8, 4) is 5.75 Å². The van der Waals surface area contributed by atoms with E-state index in [1.165, 1.54) is 12.5 Å². The first-order valence-electron chi connectivity index (χ1n) is 9.31. The highest BCUT2D eigenvalue weighted by Gasteiger charge is 2.14. The molecule has 0 saturated heterocycles. The number of aryl methyl sites for hydroxylation is 1. The molecular formula is C22H26N2O3. The number of carbonyl (C=O) groups excluding carboxylic acids is 1. The second kappa shape index (κ2) is 8.62. The van der Waals surface area contributed by atoms with Crippen LogP contribution in [-0.2, 0) is 17.8 Å². The number of methoxy groups -OCH3 is 1. The van der Waals surface area contributed by atoms with Gasteiger partial charge in [0.05, 0.1) is 12.8 Å². The van der Waals surface area contributed by atoms with Gasteiger partial charge in [0.25, 0.3) is 0 Å². The van der Waals surface area contributed by atoms with Crippen LogP contribution in [0.25, 0.3) is 11.0 Å². The average molecular weight is 366 g/mol. The van der Waals surface area contributed by atoms with Gasteiger partial charge < -0.3 is 19.8 Å². The Morgan fingerprint density at radius 2 is 2.00 bits per heavy atom. The molecule has 0 saturated carbocycles. The van der Waals surface area contributed by atoms with Crippen molar-refractivity contribution >= 4 is 28.3 Å². The minimum atomic E-state index is -0.126. The van der Waals surface area contributed by atoms with E-state index in [1.807, 2.05) is 36.4 Å². The van der Waals surface area contributed by atoms with Gasteiger partial charge in [-0.2, -0.15) is 0 Å². The molecule has 0 unspecified atom stereocenters. The van der Waals surface area contributed by atoms with E-state index in [-0.39, 0.29) is 5.91 Å². The third-order valence-electron chi connectivity index (χ3n) is 4.52. The number of carbonyl (C=O) groups is 1. The Bertz CT molecular complexity index is 930. The number of amides is 1. The lowest BCUT2D eigenvalue weighted by Gasteiger charge is -2.12. The molecule has 0 aliphatic carbocycles. The lowest BCUT2D eigenvalue weighted by atomic mass is 10.1. The van der Waals surface area contributed by atoms with Gasteiger partial charge >= 0.3 is 0 Å². The predicted molar refractivity (Wildman–Crippen MR) is 109 cm³/mol. The summed E-state index contributed by atoms with van der Waals surface area (Å²) in [5.41, 5.74) is 3.71. The summed E-state index contributed by atoms with van der Waals surface area (Å²) in [5.74, 6) is 1.55. The highest BCUT2D eigenvalue weighted by molar-refractivity contribution is 5.90. The molecule has 0 fully saturated rings. The maximum Gasteiger partial charge on any atom is 0.221 e. The minimum Gasteiger partial charge on any atom is -0.494 e. The number of fused-ring (bicyclic) bond motifs is 1. The van der Waals surface area contributed by atoms with E-state index < -0.39 is 0 Å². The van der Waals surface area contributed by atoms with E-state index in [2.05, 4.69) is 23.6 Å². The van der Waals surface area contributed by atoms with Crippen molar-refractivity contribution in [3.05, 3.63) is 53.8 Å². The van der Waals surface area contributed by atoms with Crippen LogP contribution in [-0.4, -0.2) is 13.0 Å². The van der Waals surface area contributed by atoms with E-state index >= 15 is 0 Å². The summed E-state index contributed by atoms with van der Waals surface area (Å²) in [7, 11) is 1.59. The molecule has 5 heteroatoms. The number of anilines is 2. The first-order valence-corrected chi connectivity index (χ1v) is 9.31. The summed E-state index contributed by atoms with van der Waals surface area (Å²) in [6.07, 6.45) is 3.17. The second-order valence-electron chi connectivity index (χ2n) is 6.55. The molecule has 3 rings (SSSR count). The predicted octanol–water partition coefficient (Wildman–Crippen LogP) is 5.35. The molecule has 0 radical (unpaired) electrons. The zero-order valence-electron chi connectivity index (χ0n) is 16.1.